The lowest BCUT2D eigenvalue weighted by atomic mass is 10.0. The second kappa shape index (κ2) is 7.49. The highest BCUT2D eigenvalue weighted by Gasteiger charge is 2.26. The average Bonchev–Trinajstić information content (AvgIpc) is 3.42. The third-order valence-electron chi connectivity index (χ3n) is 4.75. The van der Waals surface area contributed by atoms with Crippen LogP contribution >= 0.6 is 0 Å². The summed E-state index contributed by atoms with van der Waals surface area (Å²) in [6, 6.07) is 12.6. The van der Waals surface area contributed by atoms with E-state index in [1.807, 2.05) is 24.4 Å². The van der Waals surface area contributed by atoms with Crippen LogP contribution in [-0.2, 0) is 0 Å². The zero-order chi connectivity index (χ0) is 18.6. The molecule has 0 atom stereocenters. The number of hydrogen-bond acceptors (Lipinski definition) is 4. The number of nitrogens with zero attached hydrogens (tertiary/aromatic N) is 3. The maximum atomic E-state index is 12.5. The molecule has 1 saturated heterocycles. The maximum absolute atomic E-state index is 12.5. The number of rotatable bonds is 4. The molecule has 4 rings (SSSR count). The zero-order valence-corrected chi connectivity index (χ0v) is 14.7. The van der Waals surface area contributed by atoms with Crippen LogP contribution in [0, 0.1) is 0 Å². The Morgan fingerprint density at radius 1 is 1.07 bits per heavy atom. The molecule has 3 heterocycles. The topological polar surface area (TPSA) is 80.4 Å². The van der Waals surface area contributed by atoms with E-state index in [0.717, 1.165) is 18.5 Å². The van der Waals surface area contributed by atoms with E-state index in [2.05, 4.69) is 10.4 Å². The van der Waals surface area contributed by atoms with Gasteiger partial charge >= 0.3 is 0 Å². The maximum Gasteiger partial charge on any atom is 0.289 e. The molecule has 7 heteroatoms. The minimum atomic E-state index is -0.0992. The SMILES string of the molecule is O=C(NC1CCN(C(=O)c2ccco2)CC1)c1ccc(-n2cccn2)cc1. The molecule has 0 aliphatic carbocycles. The summed E-state index contributed by atoms with van der Waals surface area (Å²) in [5.74, 6) is 0.159. The van der Waals surface area contributed by atoms with Crippen molar-refractivity contribution in [1.29, 1.82) is 0 Å². The highest BCUT2D eigenvalue weighted by atomic mass is 16.3. The van der Waals surface area contributed by atoms with Gasteiger partial charge in [-0.15, -0.1) is 0 Å². The van der Waals surface area contributed by atoms with E-state index in [4.69, 9.17) is 4.42 Å². The molecule has 2 aromatic heterocycles. The Bertz CT molecular complexity index is 893. The predicted octanol–water partition coefficient (Wildman–Crippen LogP) is 2.50. The van der Waals surface area contributed by atoms with Crippen LogP contribution in [0.4, 0.5) is 0 Å². The number of carbonyl (C=O) groups is 2. The predicted molar refractivity (Wildman–Crippen MR) is 98.7 cm³/mol. The van der Waals surface area contributed by atoms with Crippen LogP contribution in [-0.4, -0.2) is 45.6 Å². The Hall–Kier alpha value is -3.35. The van der Waals surface area contributed by atoms with Crippen LogP contribution in [0.15, 0.2) is 65.5 Å². The molecule has 0 saturated carbocycles. The van der Waals surface area contributed by atoms with E-state index in [-0.39, 0.29) is 17.9 Å². The highest BCUT2D eigenvalue weighted by Crippen LogP contribution is 2.15. The first kappa shape index (κ1) is 17.1. The summed E-state index contributed by atoms with van der Waals surface area (Å²) in [5, 5.41) is 7.23. The van der Waals surface area contributed by atoms with E-state index in [9.17, 15) is 9.59 Å². The normalized spacial score (nSPS) is 14.9. The lowest BCUT2D eigenvalue weighted by molar-refractivity contribution is 0.0667. The van der Waals surface area contributed by atoms with Crippen LogP contribution in [0.3, 0.4) is 0 Å². The largest absolute Gasteiger partial charge is 0.459 e. The number of likely N-dealkylation sites (tertiary alicyclic amines) is 1. The van der Waals surface area contributed by atoms with Gasteiger partial charge in [0, 0.05) is 37.1 Å². The summed E-state index contributed by atoms with van der Waals surface area (Å²) in [5.41, 5.74) is 1.52. The van der Waals surface area contributed by atoms with Gasteiger partial charge in [-0.1, -0.05) is 0 Å². The molecule has 27 heavy (non-hydrogen) atoms. The Morgan fingerprint density at radius 3 is 2.48 bits per heavy atom. The van der Waals surface area contributed by atoms with Crippen molar-refractivity contribution in [3.05, 3.63) is 72.4 Å². The van der Waals surface area contributed by atoms with Crippen molar-refractivity contribution in [3.63, 3.8) is 0 Å². The van der Waals surface area contributed by atoms with Gasteiger partial charge in [-0.3, -0.25) is 9.59 Å². The molecular weight excluding hydrogens is 344 g/mol. The molecule has 0 radical (unpaired) electrons. The van der Waals surface area contributed by atoms with Crippen molar-refractivity contribution >= 4 is 11.8 Å². The molecular formula is C20H20N4O3. The fourth-order valence-electron chi connectivity index (χ4n) is 3.24. The molecule has 1 N–H and O–H groups in total. The second-order valence-electron chi connectivity index (χ2n) is 6.51. The van der Waals surface area contributed by atoms with Gasteiger partial charge in [0.2, 0.25) is 0 Å². The van der Waals surface area contributed by atoms with Crippen LogP contribution in [0.2, 0.25) is 0 Å². The molecule has 2 amide bonds. The van der Waals surface area contributed by atoms with Gasteiger partial charge in [-0.05, 0) is 55.3 Å². The van der Waals surface area contributed by atoms with Crippen molar-refractivity contribution in [2.75, 3.05) is 13.1 Å². The smallest absolute Gasteiger partial charge is 0.289 e. The van der Waals surface area contributed by atoms with Gasteiger partial charge in [0.25, 0.3) is 11.8 Å². The zero-order valence-electron chi connectivity index (χ0n) is 14.7. The third-order valence-corrected chi connectivity index (χ3v) is 4.75. The first-order valence-corrected chi connectivity index (χ1v) is 8.94. The standard InChI is InChI=1S/C20H20N4O3/c25-19(15-4-6-17(7-5-15)24-11-2-10-21-24)22-16-8-12-23(13-9-16)20(26)18-3-1-14-27-18/h1-7,10-11,14,16H,8-9,12-13H2,(H,22,25). The molecule has 0 spiro atoms. The number of piperidine rings is 1. The third kappa shape index (κ3) is 3.76. The Labute approximate surface area is 156 Å². The summed E-state index contributed by atoms with van der Waals surface area (Å²) in [6.45, 7) is 1.20. The fourth-order valence-corrected chi connectivity index (χ4v) is 3.24. The number of hydrogen-bond donors (Lipinski definition) is 1. The summed E-state index contributed by atoms with van der Waals surface area (Å²) >= 11 is 0. The lowest BCUT2D eigenvalue weighted by Crippen LogP contribution is -2.46. The van der Waals surface area contributed by atoms with Gasteiger partial charge in [-0.25, -0.2) is 4.68 Å². The minimum Gasteiger partial charge on any atom is -0.459 e. The monoisotopic (exact) mass is 364 g/mol. The first-order valence-electron chi connectivity index (χ1n) is 8.94. The molecule has 0 unspecified atom stereocenters. The lowest BCUT2D eigenvalue weighted by Gasteiger charge is -2.31. The Balaban J connectivity index is 1.31. The van der Waals surface area contributed by atoms with Crippen molar-refractivity contribution in [1.82, 2.24) is 20.0 Å². The van der Waals surface area contributed by atoms with Crippen molar-refractivity contribution in [2.24, 2.45) is 0 Å². The molecule has 0 bridgehead atoms. The molecule has 1 aromatic carbocycles. The average molecular weight is 364 g/mol. The minimum absolute atomic E-state index is 0.0592. The van der Waals surface area contributed by atoms with E-state index in [1.54, 1.807) is 40.0 Å². The first-order chi connectivity index (χ1) is 13.2. The van der Waals surface area contributed by atoms with Gasteiger partial charge < -0.3 is 14.6 Å². The summed E-state index contributed by atoms with van der Waals surface area (Å²) < 4.78 is 6.91. The van der Waals surface area contributed by atoms with Crippen LogP contribution in [0.5, 0.6) is 0 Å². The summed E-state index contributed by atoms with van der Waals surface area (Å²) in [4.78, 5) is 26.5. The van der Waals surface area contributed by atoms with Crippen molar-refractivity contribution in [2.45, 2.75) is 18.9 Å². The van der Waals surface area contributed by atoms with E-state index in [1.165, 1.54) is 6.26 Å². The highest BCUT2D eigenvalue weighted by molar-refractivity contribution is 5.94. The Morgan fingerprint density at radius 2 is 1.85 bits per heavy atom. The van der Waals surface area contributed by atoms with E-state index < -0.39 is 0 Å². The number of furan rings is 1. The van der Waals surface area contributed by atoms with Crippen LogP contribution in [0.25, 0.3) is 5.69 Å². The molecule has 3 aromatic rings. The van der Waals surface area contributed by atoms with Gasteiger partial charge in [-0.2, -0.15) is 5.10 Å². The van der Waals surface area contributed by atoms with Crippen LogP contribution < -0.4 is 5.32 Å². The van der Waals surface area contributed by atoms with Gasteiger partial charge in [0.1, 0.15) is 0 Å². The molecule has 138 valence electrons. The Kier molecular flexibility index (Phi) is 4.74. The quantitative estimate of drug-likeness (QED) is 0.771. The molecule has 7 nitrogen and oxygen atoms in total. The second-order valence-corrected chi connectivity index (χ2v) is 6.51. The number of amides is 2. The number of carbonyl (C=O) groups excluding carboxylic acids is 2. The number of benzene rings is 1. The van der Waals surface area contributed by atoms with Gasteiger partial charge in [0.15, 0.2) is 5.76 Å². The molecule has 1 aliphatic rings. The van der Waals surface area contributed by atoms with Gasteiger partial charge in [0.05, 0.1) is 12.0 Å². The van der Waals surface area contributed by atoms with Crippen LogP contribution in [0.1, 0.15) is 33.8 Å². The van der Waals surface area contributed by atoms with E-state index in [0.29, 0.717) is 24.4 Å². The van der Waals surface area contributed by atoms with E-state index >= 15 is 0 Å². The van der Waals surface area contributed by atoms with Crippen molar-refractivity contribution in [3.8, 4) is 5.69 Å². The summed E-state index contributed by atoms with van der Waals surface area (Å²) in [6.07, 6.45) is 6.52. The molecule has 1 aliphatic heterocycles. The molecule has 1 fully saturated rings. The number of aromatic nitrogens is 2. The van der Waals surface area contributed by atoms with Crippen molar-refractivity contribution < 1.29 is 14.0 Å². The number of nitrogens with one attached hydrogen (secondary N) is 1. The summed E-state index contributed by atoms with van der Waals surface area (Å²) in [7, 11) is 0. The fraction of sp³-hybridized carbons (Fsp3) is 0.250.